The van der Waals surface area contributed by atoms with Crippen molar-refractivity contribution in [2.75, 3.05) is 0 Å². The molecule has 22 heavy (non-hydrogen) atoms. The van der Waals surface area contributed by atoms with Crippen LogP contribution in [0.1, 0.15) is 11.4 Å². The summed E-state index contributed by atoms with van der Waals surface area (Å²) in [5.41, 5.74) is 4.08. The summed E-state index contributed by atoms with van der Waals surface area (Å²) in [6, 6.07) is 11.4. The molecular formula is C17H14N4O. The molecule has 0 aliphatic rings. The molecule has 0 atom stereocenters. The van der Waals surface area contributed by atoms with Gasteiger partial charge in [0.15, 0.2) is 11.1 Å². The number of aromatic amines is 1. The molecule has 0 unspecified atom stereocenters. The summed E-state index contributed by atoms with van der Waals surface area (Å²) in [4.78, 5) is 21.2. The van der Waals surface area contributed by atoms with Crippen LogP contribution in [0.3, 0.4) is 0 Å². The van der Waals surface area contributed by atoms with Gasteiger partial charge in [0.2, 0.25) is 0 Å². The monoisotopic (exact) mass is 290 g/mol. The molecule has 0 bridgehead atoms. The minimum atomic E-state index is -0.0382. The summed E-state index contributed by atoms with van der Waals surface area (Å²) in [6.07, 6.45) is 1.56. The summed E-state index contributed by atoms with van der Waals surface area (Å²) in [7, 11) is 0. The number of hydrogen-bond acceptors (Lipinski definition) is 3. The van der Waals surface area contributed by atoms with Gasteiger partial charge in [0.05, 0.1) is 27.7 Å². The van der Waals surface area contributed by atoms with Gasteiger partial charge in [0, 0.05) is 18.0 Å². The lowest BCUT2D eigenvalue weighted by atomic mass is 10.1. The van der Waals surface area contributed by atoms with Crippen LogP contribution in [0.4, 0.5) is 0 Å². The molecule has 1 aromatic carbocycles. The van der Waals surface area contributed by atoms with E-state index in [0.717, 1.165) is 22.4 Å². The summed E-state index contributed by atoms with van der Waals surface area (Å²) < 4.78 is 1.93. The minimum absolute atomic E-state index is 0.0382. The number of aryl methyl sites for hydroxylation is 2. The average Bonchev–Trinajstić information content (AvgIpc) is 2.85. The number of pyridine rings is 2. The molecule has 0 fully saturated rings. The van der Waals surface area contributed by atoms with Gasteiger partial charge in [0.1, 0.15) is 0 Å². The second-order valence-corrected chi connectivity index (χ2v) is 5.34. The fourth-order valence-electron chi connectivity index (χ4n) is 2.91. The van der Waals surface area contributed by atoms with Crippen LogP contribution in [0.25, 0.3) is 27.6 Å². The first-order valence-corrected chi connectivity index (χ1v) is 7.09. The zero-order valence-electron chi connectivity index (χ0n) is 12.3. The quantitative estimate of drug-likeness (QED) is 0.586. The standard InChI is InChI=1S/C17H14N4O/c1-10-14-13(22)8-9-18-16(14)15-11(2)20-21(17(15)19-10)12-6-4-3-5-7-12/h3-9,20H,1-2H3. The SMILES string of the molecule is Cc1nc2c(c(C)[nH]n2-c2ccccc2)c2nccc(=O)c12. The topological polar surface area (TPSA) is 63.6 Å². The lowest BCUT2D eigenvalue weighted by Gasteiger charge is -2.05. The molecule has 5 heteroatoms. The van der Waals surface area contributed by atoms with Gasteiger partial charge in [-0.2, -0.15) is 0 Å². The number of hydrogen-bond donors (Lipinski definition) is 1. The highest BCUT2D eigenvalue weighted by atomic mass is 16.1. The van der Waals surface area contributed by atoms with E-state index < -0.39 is 0 Å². The van der Waals surface area contributed by atoms with Crippen LogP contribution < -0.4 is 5.43 Å². The fraction of sp³-hybridized carbons (Fsp3) is 0.118. The molecule has 4 aromatic rings. The van der Waals surface area contributed by atoms with Crippen LogP contribution >= 0.6 is 0 Å². The van der Waals surface area contributed by atoms with Crippen LogP contribution in [0, 0.1) is 13.8 Å². The summed E-state index contributed by atoms with van der Waals surface area (Å²) in [6.45, 7) is 3.82. The van der Waals surface area contributed by atoms with Gasteiger partial charge < -0.3 is 0 Å². The van der Waals surface area contributed by atoms with Crippen LogP contribution in [0.5, 0.6) is 0 Å². The van der Waals surface area contributed by atoms with E-state index in [2.05, 4.69) is 15.1 Å². The molecule has 0 radical (unpaired) electrons. The maximum atomic E-state index is 12.1. The first-order valence-electron chi connectivity index (χ1n) is 7.09. The molecule has 0 amide bonds. The van der Waals surface area contributed by atoms with Gasteiger partial charge >= 0.3 is 0 Å². The molecule has 3 heterocycles. The van der Waals surface area contributed by atoms with E-state index in [9.17, 15) is 4.79 Å². The van der Waals surface area contributed by atoms with E-state index in [4.69, 9.17) is 0 Å². The predicted octanol–water partition coefficient (Wildman–Crippen LogP) is 2.88. The number of fused-ring (bicyclic) bond motifs is 3. The maximum absolute atomic E-state index is 12.1. The van der Waals surface area contributed by atoms with E-state index in [0.29, 0.717) is 16.6 Å². The van der Waals surface area contributed by atoms with Crippen LogP contribution in [0.15, 0.2) is 47.4 Å². The third-order valence-corrected chi connectivity index (χ3v) is 3.89. The maximum Gasteiger partial charge on any atom is 0.191 e. The van der Waals surface area contributed by atoms with E-state index in [1.807, 2.05) is 48.9 Å². The van der Waals surface area contributed by atoms with Crippen molar-refractivity contribution >= 4 is 21.9 Å². The Hall–Kier alpha value is -2.95. The first-order chi connectivity index (χ1) is 10.7. The van der Waals surface area contributed by atoms with Gasteiger partial charge in [-0.1, -0.05) is 18.2 Å². The number of rotatable bonds is 1. The van der Waals surface area contributed by atoms with Crippen molar-refractivity contribution < 1.29 is 0 Å². The highest BCUT2D eigenvalue weighted by Gasteiger charge is 2.16. The Kier molecular flexibility index (Phi) is 2.63. The molecule has 4 rings (SSSR count). The van der Waals surface area contributed by atoms with Crippen LogP contribution in [-0.4, -0.2) is 19.7 Å². The zero-order valence-corrected chi connectivity index (χ0v) is 12.3. The van der Waals surface area contributed by atoms with Gasteiger partial charge in [-0.05, 0) is 26.0 Å². The van der Waals surface area contributed by atoms with E-state index in [-0.39, 0.29) is 5.43 Å². The minimum Gasteiger partial charge on any atom is -0.296 e. The molecule has 0 aliphatic heterocycles. The molecule has 0 saturated carbocycles. The van der Waals surface area contributed by atoms with E-state index in [1.165, 1.54) is 6.07 Å². The Labute approximate surface area is 126 Å². The highest BCUT2D eigenvalue weighted by molar-refractivity contribution is 6.04. The molecule has 108 valence electrons. The average molecular weight is 290 g/mol. The molecular weight excluding hydrogens is 276 g/mol. The normalized spacial score (nSPS) is 11.4. The zero-order chi connectivity index (χ0) is 15.3. The summed E-state index contributed by atoms with van der Waals surface area (Å²) in [5.74, 6) is 0. The van der Waals surface area contributed by atoms with E-state index >= 15 is 0 Å². The Bertz CT molecular complexity index is 1060. The number of nitrogens with one attached hydrogen (secondary N) is 1. The van der Waals surface area contributed by atoms with Crippen molar-refractivity contribution in [3.8, 4) is 5.69 Å². The van der Waals surface area contributed by atoms with Gasteiger partial charge in [0.25, 0.3) is 0 Å². The fourth-order valence-corrected chi connectivity index (χ4v) is 2.91. The molecule has 3 aromatic heterocycles. The van der Waals surface area contributed by atoms with Crippen molar-refractivity contribution in [3.05, 3.63) is 64.2 Å². The predicted molar refractivity (Wildman–Crippen MR) is 86.5 cm³/mol. The molecule has 1 N–H and O–H groups in total. The van der Waals surface area contributed by atoms with Crippen molar-refractivity contribution in [2.24, 2.45) is 0 Å². The van der Waals surface area contributed by atoms with Crippen LogP contribution in [0.2, 0.25) is 0 Å². The van der Waals surface area contributed by atoms with Crippen molar-refractivity contribution in [1.82, 2.24) is 19.7 Å². The number of H-pyrrole nitrogens is 1. The third kappa shape index (κ3) is 1.69. The molecule has 0 spiro atoms. The lowest BCUT2D eigenvalue weighted by Crippen LogP contribution is -2.05. The number of aromatic nitrogens is 4. The van der Waals surface area contributed by atoms with Crippen molar-refractivity contribution in [3.63, 3.8) is 0 Å². The number of para-hydroxylation sites is 1. The molecule has 0 saturated heterocycles. The van der Waals surface area contributed by atoms with Gasteiger partial charge in [-0.3, -0.25) is 14.9 Å². The third-order valence-electron chi connectivity index (χ3n) is 3.89. The number of nitrogens with zero attached hydrogens (tertiary/aromatic N) is 3. The Morgan fingerprint density at radius 2 is 1.82 bits per heavy atom. The van der Waals surface area contributed by atoms with Gasteiger partial charge in [-0.25, -0.2) is 9.67 Å². The largest absolute Gasteiger partial charge is 0.296 e. The molecule has 5 nitrogen and oxygen atoms in total. The highest BCUT2D eigenvalue weighted by Crippen LogP contribution is 2.26. The lowest BCUT2D eigenvalue weighted by molar-refractivity contribution is 0.876. The van der Waals surface area contributed by atoms with Crippen molar-refractivity contribution in [2.45, 2.75) is 13.8 Å². The summed E-state index contributed by atoms with van der Waals surface area (Å²) >= 11 is 0. The van der Waals surface area contributed by atoms with Crippen molar-refractivity contribution in [1.29, 1.82) is 0 Å². The first kappa shape index (κ1) is 12.8. The number of benzene rings is 1. The van der Waals surface area contributed by atoms with Crippen LogP contribution in [-0.2, 0) is 0 Å². The summed E-state index contributed by atoms with van der Waals surface area (Å²) in [5, 5.41) is 4.81. The Morgan fingerprint density at radius 3 is 2.59 bits per heavy atom. The second-order valence-electron chi connectivity index (χ2n) is 5.34. The van der Waals surface area contributed by atoms with E-state index in [1.54, 1.807) is 6.20 Å². The Balaban J connectivity index is 2.21. The second kappa shape index (κ2) is 4.53. The smallest absolute Gasteiger partial charge is 0.191 e. The Morgan fingerprint density at radius 1 is 1.05 bits per heavy atom. The molecule has 0 aliphatic carbocycles. The van der Waals surface area contributed by atoms with Gasteiger partial charge in [-0.15, -0.1) is 0 Å².